The van der Waals surface area contributed by atoms with E-state index in [0.29, 0.717) is 31.8 Å². The normalized spacial score (nSPS) is 14.5. The molecule has 30 heavy (non-hydrogen) atoms. The zero-order chi connectivity index (χ0) is 21.2. The fraction of sp³-hybridized carbons (Fsp3) is 0.571. The van der Waals surface area contributed by atoms with Gasteiger partial charge < -0.3 is 25.2 Å². The number of benzene rings is 1. The van der Waals surface area contributed by atoms with Gasteiger partial charge in [0.05, 0.1) is 6.61 Å². The van der Waals surface area contributed by atoms with E-state index in [1.54, 1.807) is 30.9 Å². The van der Waals surface area contributed by atoms with Crippen LogP contribution in [0.4, 0.5) is 4.79 Å². The molecule has 0 saturated carbocycles. The van der Waals surface area contributed by atoms with Crippen LogP contribution in [-0.2, 0) is 11.2 Å². The van der Waals surface area contributed by atoms with E-state index >= 15 is 0 Å². The Balaban J connectivity index is 0.00000450. The number of piperidine rings is 1. The summed E-state index contributed by atoms with van der Waals surface area (Å²) < 4.78 is 5.06. The number of hydrogen-bond donors (Lipinski definition) is 2. The van der Waals surface area contributed by atoms with Crippen molar-refractivity contribution in [1.82, 2.24) is 20.4 Å². The minimum absolute atomic E-state index is 0. The first-order chi connectivity index (χ1) is 13.9. The van der Waals surface area contributed by atoms with E-state index in [-0.39, 0.29) is 42.0 Å². The molecule has 0 atom stereocenters. The van der Waals surface area contributed by atoms with E-state index in [0.717, 1.165) is 30.8 Å². The van der Waals surface area contributed by atoms with Crippen LogP contribution in [0.5, 0.6) is 0 Å². The summed E-state index contributed by atoms with van der Waals surface area (Å²) in [5.41, 5.74) is 1.80. The SMILES string of the molecule is CCOC(=O)N1CCC(NC(=NC)NCCc2cccc(C(=O)N(C)C)c2)CC1.I. The largest absolute Gasteiger partial charge is 0.450 e. The third kappa shape index (κ3) is 8.00. The molecule has 9 heteroatoms. The Morgan fingerprint density at radius 1 is 1.27 bits per heavy atom. The second kappa shape index (κ2) is 13.3. The lowest BCUT2D eigenvalue weighted by atomic mass is 10.1. The summed E-state index contributed by atoms with van der Waals surface area (Å²) in [6, 6.07) is 7.98. The number of guanidine groups is 1. The van der Waals surface area contributed by atoms with Crippen LogP contribution in [0.25, 0.3) is 0 Å². The van der Waals surface area contributed by atoms with Crippen molar-refractivity contribution < 1.29 is 14.3 Å². The van der Waals surface area contributed by atoms with Crippen LogP contribution >= 0.6 is 24.0 Å². The summed E-state index contributed by atoms with van der Waals surface area (Å²) in [6.07, 6.45) is 2.27. The van der Waals surface area contributed by atoms with Gasteiger partial charge in [0.15, 0.2) is 5.96 Å². The number of nitrogens with zero attached hydrogens (tertiary/aromatic N) is 3. The molecular weight excluding hydrogens is 497 g/mol. The minimum atomic E-state index is -0.233. The molecule has 2 amide bonds. The molecule has 0 radical (unpaired) electrons. The van der Waals surface area contributed by atoms with Crippen molar-refractivity contribution in [3.05, 3.63) is 35.4 Å². The third-order valence-corrected chi connectivity index (χ3v) is 4.87. The van der Waals surface area contributed by atoms with Crippen molar-refractivity contribution in [2.45, 2.75) is 32.2 Å². The number of carbonyl (C=O) groups excluding carboxylic acids is 2. The Labute approximate surface area is 196 Å². The van der Waals surface area contributed by atoms with Gasteiger partial charge in [-0.3, -0.25) is 9.79 Å². The first-order valence-electron chi connectivity index (χ1n) is 10.1. The van der Waals surface area contributed by atoms with Gasteiger partial charge in [-0.15, -0.1) is 24.0 Å². The van der Waals surface area contributed by atoms with E-state index in [1.165, 1.54) is 0 Å². The Morgan fingerprint density at radius 2 is 1.97 bits per heavy atom. The second-order valence-electron chi connectivity index (χ2n) is 7.25. The van der Waals surface area contributed by atoms with Crippen molar-refractivity contribution in [2.24, 2.45) is 4.99 Å². The van der Waals surface area contributed by atoms with E-state index in [4.69, 9.17) is 4.74 Å². The summed E-state index contributed by atoms with van der Waals surface area (Å²) in [5, 5.41) is 6.76. The van der Waals surface area contributed by atoms with Crippen LogP contribution in [0, 0.1) is 0 Å². The minimum Gasteiger partial charge on any atom is -0.450 e. The highest BCUT2D eigenvalue weighted by Crippen LogP contribution is 2.11. The average molecular weight is 531 g/mol. The molecule has 0 unspecified atom stereocenters. The number of likely N-dealkylation sites (tertiary alicyclic amines) is 1. The number of rotatable bonds is 6. The predicted octanol–water partition coefficient (Wildman–Crippen LogP) is 2.33. The quantitative estimate of drug-likeness (QED) is 0.335. The van der Waals surface area contributed by atoms with Gasteiger partial charge in [-0.05, 0) is 43.9 Å². The Kier molecular flexibility index (Phi) is 11.5. The molecule has 0 spiro atoms. The standard InChI is InChI=1S/C21H33N5O3.HI/c1-5-29-21(28)26-13-10-18(11-14-26)24-20(22-2)23-12-9-16-7-6-8-17(15-16)19(27)25(3)4;/h6-8,15,18H,5,9-14H2,1-4H3,(H2,22,23,24);1H. The van der Waals surface area contributed by atoms with Crippen LogP contribution in [-0.4, -0.2) is 81.2 Å². The molecule has 0 aliphatic carbocycles. The highest BCUT2D eigenvalue weighted by atomic mass is 127. The topological polar surface area (TPSA) is 86.3 Å². The smallest absolute Gasteiger partial charge is 0.409 e. The zero-order valence-electron chi connectivity index (χ0n) is 18.3. The number of halogens is 1. The van der Waals surface area contributed by atoms with Gasteiger partial charge in [-0.25, -0.2) is 4.79 Å². The summed E-state index contributed by atoms with van der Waals surface area (Å²) >= 11 is 0. The van der Waals surface area contributed by atoms with Crippen molar-refractivity contribution in [3.63, 3.8) is 0 Å². The monoisotopic (exact) mass is 531 g/mol. The molecule has 1 aliphatic heterocycles. The van der Waals surface area contributed by atoms with Gasteiger partial charge in [0.1, 0.15) is 0 Å². The van der Waals surface area contributed by atoms with E-state index in [9.17, 15) is 9.59 Å². The molecule has 0 aromatic heterocycles. The van der Waals surface area contributed by atoms with Crippen LogP contribution < -0.4 is 10.6 Å². The summed E-state index contributed by atoms with van der Waals surface area (Å²) in [5.74, 6) is 0.756. The van der Waals surface area contributed by atoms with Crippen LogP contribution in [0.3, 0.4) is 0 Å². The van der Waals surface area contributed by atoms with Crippen molar-refractivity contribution in [3.8, 4) is 0 Å². The van der Waals surface area contributed by atoms with Gasteiger partial charge in [0.2, 0.25) is 0 Å². The molecule has 1 aliphatic rings. The van der Waals surface area contributed by atoms with Gasteiger partial charge in [0, 0.05) is 52.4 Å². The number of hydrogen-bond acceptors (Lipinski definition) is 4. The zero-order valence-corrected chi connectivity index (χ0v) is 20.6. The van der Waals surface area contributed by atoms with Gasteiger partial charge in [-0.2, -0.15) is 0 Å². The van der Waals surface area contributed by atoms with Gasteiger partial charge in [0.25, 0.3) is 5.91 Å². The molecule has 1 fully saturated rings. The van der Waals surface area contributed by atoms with E-state index in [1.807, 2.05) is 31.2 Å². The molecule has 2 rings (SSSR count). The fourth-order valence-corrected chi connectivity index (χ4v) is 3.25. The molecule has 2 N–H and O–H groups in total. The van der Waals surface area contributed by atoms with Gasteiger partial charge >= 0.3 is 6.09 Å². The summed E-state index contributed by atoms with van der Waals surface area (Å²) in [6.45, 7) is 4.29. The Hall–Kier alpha value is -2.04. The molecule has 168 valence electrons. The maximum Gasteiger partial charge on any atom is 0.409 e. The predicted molar refractivity (Wildman–Crippen MR) is 130 cm³/mol. The average Bonchev–Trinajstić information content (AvgIpc) is 2.73. The molecule has 1 aromatic rings. The second-order valence-corrected chi connectivity index (χ2v) is 7.25. The lowest BCUT2D eigenvalue weighted by molar-refractivity contribution is 0.0827. The number of nitrogens with one attached hydrogen (secondary N) is 2. The summed E-state index contributed by atoms with van der Waals surface area (Å²) in [7, 11) is 5.26. The molecule has 0 bridgehead atoms. The van der Waals surface area contributed by atoms with E-state index < -0.39 is 0 Å². The van der Waals surface area contributed by atoms with Gasteiger partial charge in [-0.1, -0.05) is 12.1 Å². The lowest BCUT2D eigenvalue weighted by Crippen LogP contribution is -2.50. The maximum atomic E-state index is 12.1. The fourth-order valence-electron chi connectivity index (χ4n) is 3.25. The molecule has 8 nitrogen and oxygen atoms in total. The lowest BCUT2D eigenvalue weighted by Gasteiger charge is -2.32. The number of aliphatic imine (C=N–C) groups is 1. The van der Waals surface area contributed by atoms with Crippen LogP contribution in [0.1, 0.15) is 35.7 Å². The molecule has 1 aromatic carbocycles. The maximum absolute atomic E-state index is 12.1. The highest BCUT2D eigenvalue weighted by molar-refractivity contribution is 14.0. The Morgan fingerprint density at radius 3 is 2.57 bits per heavy atom. The highest BCUT2D eigenvalue weighted by Gasteiger charge is 2.24. The number of amides is 2. The van der Waals surface area contributed by atoms with Crippen LogP contribution in [0.2, 0.25) is 0 Å². The molecular formula is C21H34IN5O3. The molecule has 1 heterocycles. The number of carbonyl (C=O) groups is 2. The number of ether oxygens (including phenoxy) is 1. The summed E-state index contributed by atoms with van der Waals surface area (Å²) in [4.78, 5) is 31.5. The van der Waals surface area contributed by atoms with Crippen molar-refractivity contribution >= 4 is 41.9 Å². The third-order valence-electron chi connectivity index (χ3n) is 4.87. The Bertz CT molecular complexity index is 718. The van der Waals surface area contributed by atoms with Crippen molar-refractivity contribution in [2.75, 3.05) is 47.4 Å². The van der Waals surface area contributed by atoms with E-state index in [2.05, 4.69) is 15.6 Å². The first kappa shape index (κ1) is 26.0. The van der Waals surface area contributed by atoms with Crippen LogP contribution in [0.15, 0.2) is 29.3 Å². The molecule has 1 saturated heterocycles. The van der Waals surface area contributed by atoms with Crippen molar-refractivity contribution in [1.29, 1.82) is 0 Å². The first-order valence-corrected chi connectivity index (χ1v) is 10.1.